The van der Waals surface area contributed by atoms with E-state index in [1.54, 1.807) is 6.92 Å². The van der Waals surface area contributed by atoms with Gasteiger partial charge in [-0.25, -0.2) is 9.59 Å². The Bertz CT molecular complexity index is 117. The second kappa shape index (κ2) is 13.1. The van der Waals surface area contributed by atoms with Gasteiger partial charge in [0.25, 0.3) is 0 Å². The quantitative estimate of drug-likeness (QED) is 0.294. The van der Waals surface area contributed by atoms with Crippen molar-refractivity contribution in [3.63, 3.8) is 0 Å². The molecule has 0 aromatic carbocycles. The molecule has 0 saturated heterocycles. The molecule has 0 aromatic heterocycles. The van der Waals surface area contributed by atoms with Gasteiger partial charge in [-0.2, -0.15) is 0 Å². The van der Waals surface area contributed by atoms with Crippen molar-refractivity contribution in [3.05, 3.63) is 0 Å². The Morgan fingerprint density at radius 2 is 1.23 bits per heavy atom. The van der Waals surface area contributed by atoms with Crippen molar-refractivity contribution in [2.24, 2.45) is 11.5 Å². The minimum atomic E-state index is -1.33. The number of carbonyl (C=O) groups is 2. The van der Waals surface area contributed by atoms with Crippen LogP contribution in [-0.2, 0) is 0 Å². The first-order chi connectivity index (χ1) is 5.73. The third kappa shape index (κ3) is 3540. The Balaban J connectivity index is -0.000000117. The molecule has 0 aromatic rings. The number of rotatable bonds is 1. The Labute approximate surface area is 74.4 Å². The highest BCUT2D eigenvalue weighted by molar-refractivity contribution is 5.61. The predicted molar refractivity (Wildman–Crippen MR) is 42.9 cm³/mol. The molecule has 0 aliphatic carbocycles. The van der Waals surface area contributed by atoms with Gasteiger partial charge in [-0.1, -0.05) is 6.92 Å². The first-order valence-corrected chi connectivity index (χ1v) is 3.06. The predicted octanol–water partition coefficient (Wildman–Crippen LogP) is -1.05. The zero-order valence-corrected chi connectivity index (χ0v) is 7.04. The van der Waals surface area contributed by atoms with Crippen LogP contribution in [0.15, 0.2) is 0 Å². The standard InChI is InChI=1S/C3H8O2.2CH3NO2/c1-2-3(4)5;2*2-1(3)4/h3-5H,2H2,1H3;2*2H2,(H,3,4). The zero-order chi connectivity index (χ0) is 11.4. The van der Waals surface area contributed by atoms with Crippen LogP contribution in [-0.4, -0.2) is 38.9 Å². The summed E-state index contributed by atoms with van der Waals surface area (Å²) in [6.45, 7) is 1.70. The Morgan fingerprint density at radius 3 is 1.23 bits per heavy atom. The molecule has 0 bridgehead atoms. The Morgan fingerprint density at radius 1 is 1.15 bits per heavy atom. The molecule has 0 aliphatic rings. The zero-order valence-electron chi connectivity index (χ0n) is 7.04. The molecule has 0 unspecified atom stereocenters. The molecule has 80 valence electrons. The van der Waals surface area contributed by atoms with Crippen LogP contribution in [0, 0.1) is 0 Å². The van der Waals surface area contributed by atoms with Crippen molar-refractivity contribution in [1.82, 2.24) is 0 Å². The number of nitrogens with two attached hydrogens (primary N) is 2. The highest BCUT2D eigenvalue weighted by Crippen LogP contribution is 1.77. The van der Waals surface area contributed by atoms with E-state index in [1.165, 1.54) is 0 Å². The summed E-state index contributed by atoms with van der Waals surface area (Å²) in [6, 6.07) is 0. The maximum atomic E-state index is 8.78. The molecule has 8 nitrogen and oxygen atoms in total. The van der Waals surface area contributed by atoms with Gasteiger partial charge in [-0.3, -0.25) is 0 Å². The summed E-state index contributed by atoms with van der Waals surface area (Å²) < 4.78 is 0. The molecular weight excluding hydrogens is 184 g/mol. The minimum absolute atomic E-state index is 0.417. The summed E-state index contributed by atoms with van der Waals surface area (Å²) >= 11 is 0. The van der Waals surface area contributed by atoms with E-state index in [4.69, 9.17) is 30.0 Å². The van der Waals surface area contributed by atoms with Gasteiger partial charge in [0.15, 0.2) is 6.29 Å². The summed E-state index contributed by atoms with van der Waals surface area (Å²) in [6.07, 6.45) is -3.37. The number of aliphatic hydroxyl groups is 2. The monoisotopic (exact) mass is 198 g/mol. The van der Waals surface area contributed by atoms with Gasteiger partial charge in [-0.15, -0.1) is 0 Å². The topological polar surface area (TPSA) is 167 Å². The normalized spacial score (nSPS) is 7.38. The van der Waals surface area contributed by atoms with Crippen LogP contribution in [0.2, 0.25) is 0 Å². The molecule has 0 heterocycles. The molecule has 0 fully saturated rings. The van der Waals surface area contributed by atoms with Gasteiger partial charge in [0.1, 0.15) is 0 Å². The number of aliphatic hydroxyl groups excluding tert-OH is 1. The molecule has 8 N–H and O–H groups in total. The maximum absolute atomic E-state index is 8.78. The lowest BCUT2D eigenvalue weighted by Crippen LogP contribution is -2.03. The van der Waals surface area contributed by atoms with Crippen molar-refractivity contribution in [1.29, 1.82) is 0 Å². The van der Waals surface area contributed by atoms with E-state index in [0.717, 1.165) is 0 Å². The van der Waals surface area contributed by atoms with E-state index in [0.29, 0.717) is 6.42 Å². The SMILES string of the molecule is CCC(O)O.NC(=O)O.NC(=O)O. The third-order valence-electron chi connectivity index (χ3n) is 0.365. The molecule has 8 heteroatoms. The van der Waals surface area contributed by atoms with Crippen molar-refractivity contribution in [3.8, 4) is 0 Å². The van der Waals surface area contributed by atoms with Crippen LogP contribution in [0.25, 0.3) is 0 Å². The third-order valence-corrected chi connectivity index (χ3v) is 0.365. The molecule has 2 amide bonds. The fraction of sp³-hybridized carbons (Fsp3) is 0.600. The molecule has 0 aliphatic heterocycles. The molecular formula is C5H14N2O6. The van der Waals surface area contributed by atoms with E-state index < -0.39 is 18.5 Å². The van der Waals surface area contributed by atoms with Crippen molar-refractivity contribution in [2.75, 3.05) is 0 Å². The number of primary amides is 2. The van der Waals surface area contributed by atoms with Gasteiger partial charge in [0.05, 0.1) is 0 Å². The average molecular weight is 198 g/mol. The fourth-order valence-electron chi connectivity index (χ4n) is 0. The smallest absolute Gasteiger partial charge is 0.402 e. The Kier molecular flexibility index (Phi) is 17.6. The molecule has 13 heavy (non-hydrogen) atoms. The van der Waals surface area contributed by atoms with Crippen LogP contribution in [0.4, 0.5) is 9.59 Å². The van der Waals surface area contributed by atoms with E-state index in [1.807, 2.05) is 0 Å². The van der Waals surface area contributed by atoms with Gasteiger partial charge >= 0.3 is 12.2 Å². The summed E-state index contributed by atoms with van der Waals surface area (Å²) in [5.41, 5.74) is 8.06. The van der Waals surface area contributed by atoms with Gasteiger partial charge in [-0.05, 0) is 6.42 Å². The largest absolute Gasteiger partial charge is 0.465 e. The highest BCUT2D eigenvalue weighted by Gasteiger charge is 1.83. The van der Waals surface area contributed by atoms with Crippen molar-refractivity contribution in [2.45, 2.75) is 19.6 Å². The molecule has 0 atom stereocenters. The van der Waals surface area contributed by atoms with Crippen LogP contribution in [0.3, 0.4) is 0 Å². The lowest BCUT2D eigenvalue weighted by molar-refractivity contribution is -0.0413. The fourth-order valence-corrected chi connectivity index (χ4v) is 0. The summed E-state index contributed by atoms with van der Waals surface area (Å²) in [5.74, 6) is 0. The van der Waals surface area contributed by atoms with Gasteiger partial charge in [0.2, 0.25) is 0 Å². The Hall–Kier alpha value is -1.54. The average Bonchev–Trinajstić information content (AvgIpc) is 1.84. The number of hydrogen-bond donors (Lipinski definition) is 6. The lowest BCUT2D eigenvalue weighted by Gasteiger charge is -1.90. The van der Waals surface area contributed by atoms with Crippen molar-refractivity contribution < 1.29 is 30.0 Å². The van der Waals surface area contributed by atoms with E-state index in [2.05, 4.69) is 11.5 Å². The van der Waals surface area contributed by atoms with Crippen LogP contribution >= 0.6 is 0 Å². The van der Waals surface area contributed by atoms with E-state index in [9.17, 15) is 0 Å². The van der Waals surface area contributed by atoms with Crippen LogP contribution in [0.1, 0.15) is 13.3 Å². The van der Waals surface area contributed by atoms with Crippen molar-refractivity contribution >= 4 is 12.2 Å². The lowest BCUT2D eigenvalue weighted by atomic mass is 10.5. The maximum Gasteiger partial charge on any atom is 0.402 e. The molecule has 0 rings (SSSR count). The van der Waals surface area contributed by atoms with Gasteiger partial charge < -0.3 is 31.9 Å². The summed E-state index contributed by atoms with van der Waals surface area (Å²) in [4.78, 5) is 17.6. The molecule has 0 saturated carbocycles. The second-order valence-corrected chi connectivity index (χ2v) is 1.57. The molecule has 0 spiro atoms. The van der Waals surface area contributed by atoms with Crippen LogP contribution in [0.5, 0.6) is 0 Å². The number of amides is 2. The van der Waals surface area contributed by atoms with Gasteiger partial charge in [0, 0.05) is 0 Å². The number of hydrogen-bond acceptors (Lipinski definition) is 4. The first kappa shape index (κ1) is 17.5. The first-order valence-electron chi connectivity index (χ1n) is 3.06. The van der Waals surface area contributed by atoms with E-state index >= 15 is 0 Å². The second-order valence-electron chi connectivity index (χ2n) is 1.57. The summed E-state index contributed by atoms with van der Waals surface area (Å²) in [7, 11) is 0. The van der Waals surface area contributed by atoms with E-state index in [-0.39, 0.29) is 0 Å². The highest BCUT2D eigenvalue weighted by atomic mass is 16.5. The number of carboxylic acid groups (broad SMARTS) is 2. The van der Waals surface area contributed by atoms with Crippen LogP contribution < -0.4 is 11.5 Å². The molecule has 0 radical (unpaired) electrons. The summed E-state index contributed by atoms with van der Waals surface area (Å²) in [5, 5.41) is 30.2. The minimum Gasteiger partial charge on any atom is -0.465 e.